The Morgan fingerprint density at radius 1 is 0.691 bits per heavy atom. The first-order valence-corrected chi connectivity index (χ1v) is 26.6. The number of carbonyl (C=O) groups is 5. The molecule has 12 heteroatoms. The quantitative estimate of drug-likeness (QED) is 0.129. The molecule has 8 saturated carbocycles. The maximum Gasteiger partial charge on any atom is 0.327 e. The van der Waals surface area contributed by atoms with Crippen LogP contribution < -0.4 is 0 Å². The molecule has 7 unspecified atom stereocenters. The van der Waals surface area contributed by atoms with Crippen LogP contribution in [0.2, 0.25) is 0 Å². The topological polar surface area (TPSA) is 176 Å². The van der Waals surface area contributed by atoms with E-state index < -0.39 is 33.9 Å². The third kappa shape index (κ3) is 11.8. The summed E-state index contributed by atoms with van der Waals surface area (Å²) >= 11 is 0. The van der Waals surface area contributed by atoms with Crippen molar-refractivity contribution >= 4 is 29.8 Å². The monoisotopic (exact) mass is 954 g/mol. The summed E-state index contributed by atoms with van der Waals surface area (Å²) in [5.74, 6) is 0.840. The lowest BCUT2D eigenvalue weighted by molar-refractivity contribution is -0.225. The van der Waals surface area contributed by atoms with E-state index >= 15 is 0 Å². The summed E-state index contributed by atoms with van der Waals surface area (Å²) in [5.41, 5.74) is -3.89. The number of hydrogen-bond donors (Lipinski definition) is 1. The highest BCUT2D eigenvalue weighted by molar-refractivity contribution is 5.85. The lowest BCUT2D eigenvalue weighted by Crippen LogP contribution is -2.61. The Morgan fingerprint density at radius 3 is 1.63 bits per heavy atom. The van der Waals surface area contributed by atoms with Crippen molar-refractivity contribution < 1.29 is 52.8 Å². The van der Waals surface area contributed by atoms with Gasteiger partial charge in [0.25, 0.3) is 0 Å². The van der Waals surface area contributed by atoms with Crippen LogP contribution in [0, 0.1) is 68.0 Å². The number of aliphatic hydroxyl groups is 1. The second kappa shape index (κ2) is 20.1. The van der Waals surface area contributed by atoms with E-state index in [9.17, 15) is 34.3 Å². The Balaban J connectivity index is 0.000000172. The molecular weight excluding hydrogens is 863 g/mol. The van der Waals surface area contributed by atoms with Crippen LogP contribution in [-0.2, 0) is 47.7 Å². The molecular formula is C56H91NO11. The number of rotatable bonds is 14. The lowest BCUT2D eigenvalue weighted by Gasteiger charge is -2.59. The summed E-state index contributed by atoms with van der Waals surface area (Å²) in [5, 5.41) is 20.0. The second-order valence-electron chi connectivity index (χ2n) is 25.7. The number of hydrogen-bond acceptors (Lipinski definition) is 12. The van der Waals surface area contributed by atoms with Gasteiger partial charge >= 0.3 is 29.8 Å². The van der Waals surface area contributed by atoms with Gasteiger partial charge in [0.1, 0.15) is 29.0 Å². The van der Waals surface area contributed by atoms with Crippen molar-refractivity contribution in [2.45, 2.75) is 260 Å². The molecule has 0 aromatic heterocycles. The zero-order chi connectivity index (χ0) is 51.1. The van der Waals surface area contributed by atoms with Crippen molar-refractivity contribution in [1.29, 1.82) is 5.26 Å². The van der Waals surface area contributed by atoms with Crippen molar-refractivity contribution in [2.24, 2.45) is 56.7 Å². The SMILES string of the molecule is CCC(C)(C)C(=O)OC(C)(C)C1CC1.CCC(C)(C)C(=O)OC12CC3CC(CC(O)(C3)C1)C2.CCC(C)(C)C(=O)OC1C2CC3C1OC(=O)C3(C#N)C2.CCC1(OC(=O)C(C)(C)CC)CCCC1. The molecule has 9 rings (SSSR count). The van der Waals surface area contributed by atoms with E-state index in [4.69, 9.17) is 23.7 Å². The summed E-state index contributed by atoms with van der Waals surface area (Å²) in [4.78, 5) is 60.3. The average Bonchev–Trinajstić information content (AvgIpc) is 3.73. The van der Waals surface area contributed by atoms with Gasteiger partial charge < -0.3 is 28.8 Å². The summed E-state index contributed by atoms with van der Waals surface area (Å²) in [6.07, 6.45) is 17.1. The number of fused-ring (bicyclic) bond motifs is 1. The molecule has 6 bridgehead atoms. The van der Waals surface area contributed by atoms with Crippen LogP contribution in [0.1, 0.15) is 226 Å². The van der Waals surface area contributed by atoms with E-state index in [-0.39, 0.29) is 69.5 Å². The van der Waals surface area contributed by atoms with E-state index in [2.05, 4.69) is 13.0 Å². The zero-order valence-corrected chi connectivity index (χ0v) is 45.0. The largest absolute Gasteiger partial charge is 0.459 e. The minimum absolute atomic E-state index is 0.0197. The molecule has 0 aromatic carbocycles. The lowest BCUT2D eigenvalue weighted by atomic mass is 9.52. The van der Waals surface area contributed by atoms with Gasteiger partial charge in [0, 0.05) is 18.3 Å². The predicted octanol–water partition coefficient (Wildman–Crippen LogP) is 11.7. The van der Waals surface area contributed by atoms with Crippen molar-refractivity contribution in [1.82, 2.24) is 0 Å². The molecule has 386 valence electrons. The molecule has 1 aliphatic heterocycles. The smallest absolute Gasteiger partial charge is 0.327 e. The van der Waals surface area contributed by atoms with Gasteiger partial charge in [-0.1, -0.05) is 34.6 Å². The standard InChI is InChI=1S/C16H26O3.C15H19NO4.C13H24O2.C12H22O2/c1-4-14(2,3)13(17)19-16-8-11-5-12(9-16)7-15(18,6-11)10-16;1-4-14(2,3)12(17)19-10-8-5-9-11(10)20-13(18)15(9,6-8)7-16;1-5-12(3,4)11(14)15-13(6-2)9-7-8-10-13;1-6-11(2,3)10(13)14-12(4,5)9-7-8-9/h11-12,18H,4-10H2,1-3H3;8-11H,4-6H2,1-3H3;5-10H2,1-4H3;9H,6-8H2,1-5H3. The first kappa shape index (κ1) is 55.7. The summed E-state index contributed by atoms with van der Waals surface area (Å²) in [7, 11) is 0. The van der Waals surface area contributed by atoms with Gasteiger partial charge in [0.2, 0.25) is 0 Å². The van der Waals surface area contributed by atoms with Crippen molar-refractivity contribution in [3.05, 3.63) is 0 Å². The van der Waals surface area contributed by atoms with E-state index in [1.54, 1.807) is 0 Å². The first-order valence-electron chi connectivity index (χ1n) is 26.6. The van der Waals surface area contributed by atoms with Crippen LogP contribution >= 0.6 is 0 Å². The molecule has 0 spiro atoms. The van der Waals surface area contributed by atoms with Gasteiger partial charge in [-0.2, -0.15) is 5.26 Å². The molecule has 1 saturated heterocycles. The molecule has 1 heterocycles. The molecule has 12 nitrogen and oxygen atoms in total. The number of ether oxygens (including phenoxy) is 5. The highest BCUT2D eigenvalue weighted by Gasteiger charge is 2.72. The highest BCUT2D eigenvalue weighted by Crippen LogP contribution is 2.63. The number of nitriles is 1. The fourth-order valence-electron chi connectivity index (χ4n) is 11.9. The Kier molecular flexibility index (Phi) is 16.5. The van der Waals surface area contributed by atoms with E-state index in [0.717, 1.165) is 70.6 Å². The molecule has 68 heavy (non-hydrogen) atoms. The fourth-order valence-corrected chi connectivity index (χ4v) is 11.9. The minimum Gasteiger partial charge on any atom is -0.459 e. The molecule has 8 aliphatic carbocycles. The van der Waals surface area contributed by atoms with Gasteiger partial charge in [-0.05, 0) is 203 Å². The van der Waals surface area contributed by atoms with E-state index in [0.29, 0.717) is 37.0 Å². The molecule has 0 radical (unpaired) electrons. The van der Waals surface area contributed by atoms with Crippen LogP contribution in [0.4, 0.5) is 0 Å². The van der Waals surface area contributed by atoms with Crippen LogP contribution in [0.3, 0.4) is 0 Å². The maximum absolute atomic E-state index is 12.4. The minimum atomic E-state index is -0.974. The summed E-state index contributed by atoms with van der Waals surface area (Å²) in [6.45, 7) is 29.6. The number of carbonyl (C=O) groups excluding carboxylic acids is 5. The third-order valence-corrected chi connectivity index (χ3v) is 18.4. The van der Waals surface area contributed by atoms with Crippen LogP contribution in [0.25, 0.3) is 0 Å². The highest BCUT2D eigenvalue weighted by atomic mass is 16.6. The zero-order valence-electron chi connectivity index (χ0n) is 45.0. The van der Waals surface area contributed by atoms with Gasteiger partial charge in [-0.3, -0.25) is 24.0 Å². The second-order valence-corrected chi connectivity index (χ2v) is 25.7. The molecule has 1 N–H and O–H groups in total. The van der Waals surface area contributed by atoms with Crippen LogP contribution in [-0.4, -0.2) is 69.6 Å². The van der Waals surface area contributed by atoms with Crippen molar-refractivity contribution in [3.8, 4) is 6.07 Å². The van der Waals surface area contributed by atoms with Crippen molar-refractivity contribution in [3.63, 3.8) is 0 Å². The normalized spacial score (nSPS) is 32.8. The van der Waals surface area contributed by atoms with Gasteiger partial charge in [-0.15, -0.1) is 0 Å². The van der Waals surface area contributed by atoms with E-state index in [1.807, 2.05) is 96.9 Å². The molecule has 9 aliphatic rings. The maximum atomic E-state index is 12.4. The van der Waals surface area contributed by atoms with Gasteiger partial charge in [-0.25, -0.2) is 0 Å². The number of nitrogens with zero attached hydrogens (tertiary/aromatic N) is 1. The predicted molar refractivity (Wildman–Crippen MR) is 259 cm³/mol. The van der Waals surface area contributed by atoms with Gasteiger partial charge in [0.05, 0.1) is 33.3 Å². The van der Waals surface area contributed by atoms with Crippen LogP contribution in [0.15, 0.2) is 0 Å². The van der Waals surface area contributed by atoms with Gasteiger partial charge in [0.15, 0.2) is 5.41 Å². The Hall–Kier alpha value is -3.20. The molecule has 0 amide bonds. The first-order chi connectivity index (χ1) is 31.4. The Bertz CT molecular complexity index is 1880. The molecule has 9 fully saturated rings. The fraction of sp³-hybridized carbons (Fsp3) is 0.893. The van der Waals surface area contributed by atoms with Crippen LogP contribution in [0.5, 0.6) is 0 Å². The third-order valence-electron chi connectivity index (χ3n) is 18.4. The Morgan fingerprint density at radius 2 is 1.18 bits per heavy atom. The Labute approximate surface area is 409 Å². The number of esters is 5. The average molecular weight is 954 g/mol. The summed E-state index contributed by atoms with van der Waals surface area (Å²) in [6, 6.07) is 2.15. The van der Waals surface area contributed by atoms with E-state index in [1.165, 1.54) is 32.1 Å². The summed E-state index contributed by atoms with van der Waals surface area (Å²) < 4.78 is 28.3. The molecule has 7 atom stereocenters. The molecule has 0 aromatic rings. The van der Waals surface area contributed by atoms with Crippen molar-refractivity contribution in [2.75, 3.05) is 0 Å².